The predicted molar refractivity (Wildman–Crippen MR) is 71.9 cm³/mol. The summed E-state index contributed by atoms with van der Waals surface area (Å²) in [5.41, 5.74) is 0. The van der Waals surface area contributed by atoms with Crippen molar-refractivity contribution in [2.45, 2.75) is 65.5 Å². The Morgan fingerprint density at radius 3 is 2.47 bits per heavy atom. The molecule has 3 nitrogen and oxygen atoms in total. The van der Waals surface area contributed by atoms with Gasteiger partial charge in [-0.15, -0.1) is 0 Å². The van der Waals surface area contributed by atoms with Crippen LogP contribution in [-0.4, -0.2) is 24.5 Å². The van der Waals surface area contributed by atoms with Gasteiger partial charge >= 0.3 is 0 Å². The molecule has 0 spiro atoms. The minimum atomic E-state index is 0.0792. The summed E-state index contributed by atoms with van der Waals surface area (Å²) >= 11 is 0. The Kier molecular flexibility index (Phi) is 5.96. The Bertz CT molecular complexity index is 232. The average Bonchev–Trinajstić information content (AvgIpc) is 2.29. The summed E-state index contributed by atoms with van der Waals surface area (Å²) in [5.74, 6) is 0.761. The van der Waals surface area contributed by atoms with E-state index in [1.54, 1.807) is 0 Å². The maximum Gasteiger partial charge on any atom is 0.222 e. The van der Waals surface area contributed by atoms with E-state index in [-0.39, 0.29) is 11.8 Å². The third-order valence-electron chi connectivity index (χ3n) is 3.61. The van der Waals surface area contributed by atoms with Gasteiger partial charge in [0.2, 0.25) is 5.91 Å². The molecule has 1 amide bonds. The predicted octanol–water partition coefficient (Wildman–Crippen LogP) is 2.32. The lowest BCUT2D eigenvalue weighted by Crippen LogP contribution is -2.46. The monoisotopic (exact) mass is 240 g/mol. The molecule has 0 radical (unpaired) electrons. The second-order valence-electron chi connectivity index (χ2n) is 5.90. The first kappa shape index (κ1) is 14.5. The lowest BCUT2D eigenvalue weighted by molar-refractivity contribution is -0.125. The van der Waals surface area contributed by atoms with Crippen LogP contribution in [0.1, 0.15) is 53.4 Å². The molecule has 1 saturated heterocycles. The molecule has 1 aliphatic heterocycles. The van der Waals surface area contributed by atoms with Crippen molar-refractivity contribution in [2.75, 3.05) is 6.54 Å². The van der Waals surface area contributed by atoms with Crippen molar-refractivity contribution in [2.24, 2.45) is 11.8 Å². The van der Waals surface area contributed by atoms with Gasteiger partial charge in [0.1, 0.15) is 0 Å². The average molecular weight is 240 g/mol. The summed E-state index contributed by atoms with van der Waals surface area (Å²) in [4.78, 5) is 11.8. The maximum atomic E-state index is 11.8. The molecule has 17 heavy (non-hydrogen) atoms. The van der Waals surface area contributed by atoms with E-state index in [0.29, 0.717) is 18.0 Å². The third kappa shape index (κ3) is 5.07. The lowest BCUT2D eigenvalue weighted by Gasteiger charge is -2.30. The fourth-order valence-electron chi connectivity index (χ4n) is 2.28. The third-order valence-corrected chi connectivity index (χ3v) is 3.61. The molecule has 0 saturated carbocycles. The van der Waals surface area contributed by atoms with Crippen LogP contribution in [0.15, 0.2) is 0 Å². The van der Waals surface area contributed by atoms with E-state index in [1.807, 2.05) is 13.8 Å². The first-order chi connectivity index (χ1) is 8.00. The molecule has 100 valence electrons. The Hall–Kier alpha value is -0.570. The zero-order valence-electron chi connectivity index (χ0n) is 11.8. The molecule has 1 rings (SSSR count). The maximum absolute atomic E-state index is 11.8. The number of nitrogens with one attached hydrogen (secondary N) is 2. The van der Waals surface area contributed by atoms with Gasteiger partial charge in [0.15, 0.2) is 0 Å². The van der Waals surface area contributed by atoms with Gasteiger partial charge in [0.25, 0.3) is 0 Å². The molecule has 0 aromatic carbocycles. The topological polar surface area (TPSA) is 41.1 Å². The minimum absolute atomic E-state index is 0.0792. The van der Waals surface area contributed by atoms with Crippen molar-refractivity contribution in [1.82, 2.24) is 10.6 Å². The molecule has 0 aromatic heterocycles. The van der Waals surface area contributed by atoms with Gasteiger partial charge < -0.3 is 10.6 Å². The van der Waals surface area contributed by atoms with Crippen LogP contribution < -0.4 is 10.6 Å². The Balaban J connectivity index is 2.44. The van der Waals surface area contributed by atoms with E-state index >= 15 is 0 Å². The van der Waals surface area contributed by atoms with Gasteiger partial charge in [-0.3, -0.25) is 4.79 Å². The first-order valence-electron chi connectivity index (χ1n) is 7.04. The molecule has 0 bridgehead atoms. The van der Waals surface area contributed by atoms with Crippen LogP contribution in [0.25, 0.3) is 0 Å². The minimum Gasteiger partial charge on any atom is -0.353 e. The summed E-state index contributed by atoms with van der Waals surface area (Å²) in [7, 11) is 0. The van der Waals surface area contributed by atoms with Crippen molar-refractivity contribution in [1.29, 1.82) is 0 Å². The van der Waals surface area contributed by atoms with E-state index in [4.69, 9.17) is 0 Å². The number of carbonyl (C=O) groups is 1. The van der Waals surface area contributed by atoms with Gasteiger partial charge in [0.05, 0.1) is 0 Å². The second-order valence-corrected chi connectivity index (χ2v) is 5.90. The van der Waals surface area contributed by atoms with Crippen molar-refractivity contribution < 1.29 is 4.79 Å². The van der Waals surface area contributed by atoms with Crippen LogP contribution in [0.5, 0.6) is 0 Å². The number of piperidine rings is 1. The fraction of sp³-hybridized carbons (Fsp3) is 0.929. The second kappa shape index (κ2) is 7.00. The summed E-state index contributed by atoms with van der Waals surface area (Å²) in [6.07, 6.45) is 4.93. The van der Waals surface area contributed by atoms with Crippen molar-refractivity contribution in [3.8, 4) is 0 Å². The van der Waals surface area contributed by atoms with Crippen molar-refractivity contribution in [3.63, 3.8) is 0 Å². The van der Waals surface area contributed by atoms with E-state index in [9.17, 15) is 4.79 Å². The molecule has 0 aliphatic carbocycles. The largest absolute Gasteiger partial charge is 0.353 e. The van der Waals surface area contributed by atoms with Gasteiger partial charge in [-0.2, -0.15) is 0 Å². The number of carbonyl (C=O) groups excluding carboxylic acids is 1. The highest BCUT2D eigenvalue weighted by Gasteiger charge is 2.23. The SMILES string of the molecule is CC(C)C(=O)NC(CC1CCCCN1)C(C)C. The van der Waals surface area contributed by atoms with Gasteiger partial charge in [0, 0.05) is 18.0 Å². The quantitative estimate of drug-likeness (QED) is 0.774. The highest BCUT2D eigenvalue weighted by atomic mass is 16.1. The Morgan fingerprint density at radius 1 is 1.29 bits per heavy atom. The molecule has 2 atom stereocenters. The summed E-state index contributed by atoms with van der Waals surface area (Å²) < 4.78 is 0. The standard InChI is InChI=1S/C14H28N2O/c1-10(2)13(16-14(17)11(3)4)9-12-7-5-6-8-15-12/h10-13,15H,5-9H2,1-4H3,(H,16,17). The molecular formula is C14H28N2O. The number of hydrogen-bond acceptors (Lipinski definition) is 2. The van der Waals surface area contributed by atoms with Gasteiger partial charge in [-0.25, -0.2) is 0 Å². The molecule has 1 aliphatic rings. The van der Waals surface area contributed by atoms with E-state index in [1.165, 1.54) is 19.3 Å². The Morgan fingerprint density at radius 2 is 2.00 bits per heavy atom. The van der Waals surface area contributed by atoms with Crippen LogP contribution >= 0.6 is 0 Å². The highest BCUT2D eigenvalue weighted by molar-refractivity contribution is 5.78. The van der Waals surface area contributed by atoms with Gasteiger partial charge in [-0.1, -0.05) is 34.1 Å². The van der Waals surface area contributed by atoms with Gasteiger partial charge in [-0.05, 0) is 31.7 Å². The van der Waals surface area contributed by atoms with Crippen LogP contribution in [0, 0.1) is 11.8 Å². The van der Waals surface area contributed by atoms with Crippen molar-refractivity contribution in [3.05, 3.63) is 0 Å². The van der Waals surface area contributed by atoms with E-state index in [0.717, 1.165) is 13.0 Å². The van der Waals surface area contributed by atoms with Crippen LogP contribution in [0.3, 0.4) is 0 Å². The number of amides is 1. The van der Waals surface area contributed by atoms with E-state index in [2.05, 4.69) is 24.5 Å². The molecule has 3 heteroatoms. The van der Waals surface area contributed by atoms with E-state index < -0.39 is 0 Å². The summed E-state index contributed by atoms with van der Waals surface area (Å²) in [6.45, 7) is 9.41. The summed E-state index contributed by atoms with van der Waals surface area (Å²) in [5, 5.41) is 6.74. The molecule has 1 heterocycles. The zero-order valence-corrected chi connectivity index (χ0v) is 11.8. The summed E-state index contributed by atoms with van der Waals surface area (Å²) in [6, 6.07) is 0.893. The van der Waals surface area contributed by atoms with Crippen LogP contribution in [-0.2, 0) is 4.79 Å². The number of rotatable bonds is 5. The normalized spacial score (nSPS) is 22.8. The fourth-order valence-corrected chi connectivity index (χ4v) is 2.28. The lowest BCUT2D eigenvalue weighted by atomic mass is 9.92. The smallest absolute Gasteiger partial charge is 0.222 e. The molecule has 2 N–H and O–H groups in total. The van der Waals surface area contributed by atoms with Crippen LogP contribution in [0.4, 0.5) is 0 Å². The highest BCUT2D eigenvalue weighted by Crippen LogP contribution is 2.16. The number of hydrogen-bond donors (Lipinski definition) is 2. The first-order valence-corrected chi connectivity index (χ1v) is 7.04. The molecule has 2 unspecified atom stereocenters. The molecule has 1 fully saturated rings. The van der Waals surface area contributed by atoms with Crippen LogP contribution in [0.2, 0.25) is 0 Å². The molecular weight excluding hydrogens is 212 g/mol. The zero-order chi connectivity index (χ0) is 12.8. The van der Waals surface area contributed by atoms with Crippen molar-refractivity contribution >= 4 is 5.91 Å². The Labute approximate surface area is 106 Å². The molecule has 0 aromatic rings.